The van der Waals surface area contributed by atoms with Crippen LogP contribution in [0.15, 0.2) is 0 Å². The van der Waals surface area contributed by atoms with E-state index in [1.807, 2.05) is 0 Å². The van der Waals surface area contributed by atoms with Crippen molar-refractivity contribution in [3.63, 3.8) is 0 Å². The van der Waals surface area contributed by atoms with Gasteiger partial charge < -0.3 is 9.47 Å². The van der Waals surface area contributed by atoms with Gasteiger partial charge in [0.1, 0.15) is 0 Å². The molecule has 5 nitrogen and oxygen atoms in total. The molecule has 1 aliphatic heterocycles. The predicted molar refractivity (Wildman–Crippen MR) is 40.3 cm³/mol. The van der Waals surface area contributed by atoms with Gasteiger partial charge in [-0.3, -0.25) is 9.63 Å². The van der Waals surface area contributed by atoms with E-state index in [0.717, 1.165) is 5.06 Å². The van der Waals surface area contributed by atoms with Crippen LogP contribution in [0.2, 0.25) is 0 Å². The molecular formula is C7H13NO4. The smallest absolute Gasteiger partial charge is 0.277 e. The number of carbonyl (C=O) groups excluding carboxylic acids is 1. The maximum Gasteiger partial charge on any atom is 0.277 e. The number of hydrogen-bond donors (Lipinski definition) is 0. The first-order valence-electron chi connectivity index (χ1n) is 3.76. The average molecular weight is 175 g/mol. The maximum atomic E-state index is 11.3. The van der Waals surface area contributed by atoms with Crippen LogP contribution in [0.3, 0.4) is 0 Å². The zero-order valence-electron chi connectivity index (χ0n) is 7.28. The molecule has 1 amide bonds. The molecule has 0 aromatic heterocycles. The van der Waals surface area contributed by atoms with E-state index in [-0.39, 0.29) is 5.91 Å². The Morgan fingerprint density at radius 1 is 1.58 bits per heavy atom. The van der Waals surface area contributed by atoms with E-state index >= 15 is 0 Å². The van der Waals surface area contributed by atoms with Crippen LogP contribution < -0.4 is 0 Å². The third-order valence-electron chi connectivity index (χ3n) is 1.68. The van der Waals surface area contributed by atoms with Gasteiger partial charge in [0, 0.05) is 7.05 Å². The molecule has 0 radical (unpaired) electrons. The molecule has 0 bridgehead atoms. The standard InChI is InChI=1S/C7H13NO4/c1-8(10-2)7(9)6-5-11-3-4-12-6/h6H,3-5H2,1-2H3. The summed E-state index contributed by atoms with van der Waals surface area (Å²) >= 11 is 0. The van der Waals surface area contributed by atoms with E-state index in [0.29, 0.717) is 19.8 Å². The summed E-state index contributed by atoms with van der Waals surface area (Å²) in [5, 5.41) is 1.14. The highest BCUT2D eigenvalue weighted by molar-refractivity contribution is 5.79. The molecule has 0 saturated carbocycles. The van der Waals surface area contributed by atoms with Gasteiger partial charge in [0.15, 0.2) is 6.10 Å². The van der Waals surface area contributed by atoms with Crippen LogP contribution in [0.25, 0.3) is 0 Å². The van der Waals surface area contributed by atoms with Gasteiger partial charge >= 0.3 is 0 Å². The van der Waals surface area contributed by atoms with Crippen molar-refractivity contribution in [1.82, 2.24) is 5.06 Å². The number of ether oxygens (including phenoxy) is 2. The predicted octanol–water partition coefficient (Wildman–Crippen LogP) is -0.578. The Hall–Kier alpha value is -0.650. The molecule has 1 rings (SSSR count). The monoisotopic (exact) mass is 175 g/mol. The lowest BCUT2D eigenvalue weighted by Crippen LogP contribution is -2.43. The molecule has 0 spiro atoms. The number of rotatable bonds is 2. The lowest BCUT2D eigenvalue weighted by atomic mass is 10.3. The van der Waals surface area contributed by atoms with Crippen molar-refractivity contribution in [2.24, 2.45) is 0 Å². The van der Waals surface area contributed by atoms with Gasteiger partial charge in [-0.25, -0.2) is 5.06 Å². The van der Waals surface area contributed by atoms with E-state index in [1.54, 1.807) is 7.05 Å². The fourth-order valence-corrected chi connectivity index (χ4v) is 0.923. The number of likely N-dealkylation sites (N-methyl/N-ethyl adjacent to an activating group) is 1. The van der Waals surface area contributed by atoms with Gasteiger partial charge in [0.05, 0.1) is 26.9 Å². The second-order valence-electron chi connectivity index (χ2n) is 2.45. The van der Waals surface area contributed by atoms with E-state index in [1.165, 1.54) is 7.11 Å². The van der Waals surface area contributed by atoms with Crippen molar-refractivity contribution >= 4 is 5.91 Å². The molecular weight excluding hydrogens is 162 g/mol. The van der Waals surface area contributed by atoms with Crippen LogP contribution in [-0.2, 0) is 19.1 Å². The topological polar surface area (TPSA) is 48.0 Å². The van der Waals surface area contributed by atoms with E-state index in [4.69, 9.17) is 14.3 Å². The minimum absolute atomic E-state index is 0.211. The Kier molecular flexibility index (Phi) is 3.46. The van der Waals surface area contributed by atoms with Crippen LogP contribution in [0.4, 0.5) is 0 Å². The molecule has 1 heterocycles. The minimum Gasteiger partial charge on any atom is -0.376 e. The molecule has 1 unspecified atom stereocenters. The molecule has 12 heavy (non-hydrogen) atoms. The first-order valence-corrected chi connectivity index (χ1v) is 3.76. The molecule has 0 aromatic rings. The third-order valence-corrected chi connectivity index (χ3v) is 1.68. The number of amides is 1. The minimum atomic E-state index is -0.510. The summed E-state index contributed by atoms with van der Waals surface area (Å²) in [5.41, 5.74) is 0. The molecule has 0 aliphatic carbocycles. The fourth-order valence-electron chi connectivity index (χ4n) is 0.923. The Morgan fingerprint density at radius 2 is 2.33 bits per heavy atom. The summed E-state index contributed by atoms with van der Waals surface area (Å²) in [6.07, 6.45) is -0.510. The first kappa shape index (κ1) is 9.44. The van der Waals surface area contributed by atoms with Crippen LogP contribution in [0.1, 0.15) is 0 Å². The molecule has 1 atom stereocenters. The number of hydrogen-bond acceptors (Lipinski definition) is 4. The zero-order valence-corrected chi connectivity index (χ0v) is 7.28. The molecule has 70 valence electrons. The van der Waals surface area contributed by atoms with E-state index < -0.39 is 6.10 Å². The van der Waals surface area contributed by atoms with Gasteiger partial charge in [-0.15, -0.1) is 0 Å². The lowest BCUT2D eigenvalue weighted by molar-refractivity contribution is -0.191. The highest BCUT2D eigenvalue weighted by Gasteiger charge is 2.25. The highest BCUT2D eigenvalue weighted by Crippen LogP contribution is 2.03. The lowest BCUT2D eigenvalue weighted by Gasteiger charge is -2.25. The quantitative estimate of drug-likeness (QED) is 0.527. The molecule has 1 fully saturated rings. The Bertz CT molecular complexity index is 155. The van der Waals surface area contributed by atoms with Gasteiger partial charge in [-0.05, 0) is 0 Å². The molecule has 0 N–H and O–H groups in total. The summed E-state index contributed by atoms with van der Waals surface area (Å²) in [5.74, 6) is -0.211. The van der Waals surface area contributed by atoms with Crippen LogP contribution in [-0.4, -0.2) is 51.1 Å². The Labute approximate surface area is 71.1 Å². The van der Waals surface area contributed by atoms with Gasteiger partial charge in [0.25, 0.3) is 5.91 Å². The second kappa shape index (κ2) is 4.39. The average Bonchev–Trinajstić information content (AvgIpc) is 2.17. The SMILES string of the molecule is CON(C)C(=O)C1COCCO1. The molecule has 1 aliphatic rings. The van der Waals surface area contributed by atoms with Crippen molar-refractivity contribution in [1.29, 1.82) is 0 Å². The number of carbonyl (C=O) groups is 1. The third kappa shape index (κ3) is 2.17. The van der Waals surface area contributed by atoms with E-state index in [2.05, 4.69) is 0 Å². The summed E-state index contributed by atoms with van der Waals surface area (Å²) < 4.78 is 10.2. The normalized spacial score (nSPS) is 23.7. The molecule has 0 aromatic carbocycles. The Morgan fingerprint density at radius 3 is 2.83 bits per heavy atom. The van der Waals surface area contributed by atoms with Crippen LogP contribution in [0, 0.1) is 0 Å². The summed E-state index contributed by atoms with van der Waals surface area (Å²) in [6, 6.07) is 0. The summed E-state index contributed by atoms with van der Waals surface area (Å²) in [6.45, 7) is 1.33. The second-order valence-corrected chi connectivity index (χ2v) is 2.45. The molecule has 5 heteroatoms. The van der Waals surface area contributed by atoms with Crippen LogP contribution in [0.5, 0.6) is 0 Å². The van der Waals surface area contributed by atoms with Crippen molar-refractivity contribution in [2.45, 2.75) is 6.10 Å². The van der Waals surface area contributed by atoms with Crippen molar-refractivity contribution in [3.05, 3.63) is 0 Å². The fraction of sp³-hybridized carbons (Fsp3) is 0.857. The van der Waals surface area contributed by atoms with Gasteiger partial charge in [-0.2, -0.15) is 0 Å². The zero-order chi connectivity index (χ0) is 8.97. The van der Waals surface area contributed by atoms with Gasteiger partial charge in [0.2, 0.25) is 0 Å². The van der Waals surface area contributed by atoms with Crippen LogP contribution >= 0.6 is 0 Å². The first-order chi connectivity index (χ1) is 5.75. The number of nitrogens with zero attached hydrogens (tertiary/aromatic N) is 1. The molecule has 1 saturated heterocycles. The summed E-state index contributed by atoms with van der Waals surface area (Å²) in [4.78, 5) is 16.0. The van der Waals surface area contributed by atoms with Crippen molar-refractivity contribution in [3.8, 4) is 0 Å². The summed E-state index contributed by atoms with van der Waals surface area (Å²) in [7, 11) is 2.97. The highest BCUT2D eigenvalue weighted by atomic mass is 16.7. The van der Waals surface area contributed by atoms with E-state index in [9.17, 15) is 4.79 Å². The van der Waals surface area contributed by atoms with Crippen molar-refractivity contribution in [2.75, 3.05) is 34.0 Å². The maximum absolute atomic E-state index is 11.3. The van der Waals surface area contributed by atoms with Crippen molar-refractivity contribution < 1.29 is 19.1 Å². The number of hydroxylamine groups is 2. The largest absolute Gasteiger partial charge is 0.376 e. The van der Waals surface area contributed by atoms with Gasteiger partial charge in [-0.1, -0.05) is 0 Å². The Balaban J connectivity index is 2.39.